The molecule has 0 fully saturated rings. The maximum absolute atomic E-state index is 9.11. The Bertz CT molecular complexity index is 415. The molecular weight excluding hydrogens is 264 g/mol. The number of nitriles is 1. The maximum Gasteiger partial charge on any atom is 0.100 e. The van der Waals surface area contributed by atoms with Crippen LogP contribution in [-0.4, -0.2) is 18.8 Å². The Kier molecular flexibility index (Phi) is 7.19. The standard InChI is InChI=1S/C14H19ClN2S/c1-3-4-13(7-8-17-2)18-14-9-12(15)6-5-11(14)10-16/h5-6,9,13,17H,3-4,7-8H2,1-2H3. The summed E-state index contributed by atoms with van der Waals surface area (Å²) in [5.41, 5.74) is 0.718. The third-order valence-electron chi connectivity index (χ3n) is 2.68. The quantitative estimate of drug-likeness (QED) is 0.766. The van der Waals surface area contributed by atoms with Gasteiger partial charge in [0.2, 0.25) is 0 Å². The SMILES string of the molecule is CCCC(CCNC)Sc1cc(Cl)ccc1C#N. The number of thioether (sulfide) groups is 1. The third-order valence-corrected chi connectivity index (χ3v) is 4.32. The lowest BCUT2D eigenvalue weighted by Gasteiger charge is -2.16. The van der Waals surface area contributed by atoms with Crippen LogP contribution in [0, 0.1) is 11.3 Å². The van der Waals surface area contributed by atoms with Crippen molar-refractivity contribution < 1.29 is 0 Å². The summed E-state index contributed by atoms with van der Waals surface area (Å²) < 4.78 is 0. The Morgan fingerprint density at radius 1 is 1.44 bits per heavy atom. The summed E-state index contributed by atoms with van der Waals surface area (Å²) >= 11 is 7.78. The molecule has 0 aliphatic carbocycles. The predicted octanol–water partition coefficient (Wildman–Crippen LogP) is 4.08. The van der Waals surface area contributed by atoms with E-state index in [4.69, 9.17) is 16.9 Å². The Balaban J connectivity index is 2.79. The molecule has 1 aromatic rings. The van der Waals surface area contributed by atoms with Crippen molar-refractivity contribution in [3.8, 4) is 6.07 Å². The summed E-state index contributed by atoms with van der Waals surface area (Å²) in [6.07, 6.45) is 3.42. The van der Waals surface area contributed by atoms with Crippen molar-refractivity contribution in [2.45, 2.75) is 36.3 Å². The molecule has 0 aliphatic rings. The highest BCUT2D eigenvalue weighted by atomic mass is 35.5. The first-order chi connectivity index (χ1) is 8.71. The van der Waals surface area contributed by atoms with Gasteiger partial charge in [-0.25, -0.2) is 0 Å². The summed E-state index contributed by atoms with van der Waals surface area (Å²) in [5.74, 6) is 0. The van der Waals surface area contributed by atoms with Crippen LogP contribution in [0.3, 0.4) is 0 Å². The van der Waals surface area contributed by atoms with Crippen molar-refractivity contribution in [2.24, 2.45) is 0 Å². The fourth-order valence-corrected chi connectivity index (χ4v) is 3.38. The van der Waals surface area contributed by atoms with E-state index in [0.29, 0.717) is 10.3 Å². The lowest BCUT2D eigenvalue weighted by Crippen LogP contribution is -2.14. The van der Waals surface area contributed by atoms with Gasteiger partial charge in [0.05, 0.1) is 5.56 Å². The van der Waals surface area contributed by atoms with Gasteiger partial charge in [-0.15, -0.1) is 11.8 Å². The molecule has 98 valence electrons. The van der Waals surface area contributed by atoms with Gasteiger partial charge < -0.3 is 5.32 Å². The van der Waals surface area contributed by atoms with Crippen LogP contribution in [0.2, 0.25) is 5.02 Å². The van der Waals surface area contributed by atoms with E-state index in [1.165, 1.54) is 0 Å². The van der Waals surface area contributed by atoms with Gasteiger partial charge in [0.15, 0.2) is 0 Å². The van der Waals surface area contributed by atoms with Gasteiger partial charge in [0.1, 0.15) is 6.07 Å². The Hall–Kier alpha value is -0.690. The van der Waals surface area contributed by atoms with Crippen LogP contribution in [0.25, 0.3) is 0 Å². The molecule has 0 aliphatic heterocycles. The first-order valence-corrected chi connectivity index (χ1v) is 7.48. The second-order valence-corrected chi connectivity index (χ2v) is 5.95. The maximum atomic E-state index is 9.11. The Morgan fingerprint density at radius 3 is 2.83 bits per heavy atom. The van der Waals surface area contributed by atoms with E-state index >= 15 is 0 Å². The minimum Gasteiger partial charge on any atom is -0.320 e. The molecule has 1 atom stereocenters. The van der Waals surface area contributed by atoms with Gasteiger partial charge in [-0.1, -0.05) is 24.9 Å². The average molecular weight is 283 g/mol. The smallest absolute Gasteiger partial charge is 0.100 e. The number of nitrogens with one attached hydrogen (secondary N) is 1. The highest BCUT2D eigenvalue weighted by Crippen LogP contribution is 2.32. The second kappa shape index (κ2) is 8.42. The van der Waals surface area contributed by atoms with Crippen molar-refractivity contribution in [1.82, 2.24) is 5.32 Å². The first-order valence-electron chi connectivity index (χ1n) is 6.22. The number of hydrogen-bond acceptors (Lipinski definition) is 3. The number of rotatable bonds is 7. The number of nitrogens with zero attached hydrogens (tertiary/aromatic N) is 1. The van der Waals surface area contributed by atoms with Crippen LogP contribution in [0.4, 0.5) is 0 Å². The van der Waals surface area contributed by atoms with Crippen LogP contribution in [0.5, 0.6) is 0 Å². The molecule has 0 saturated heterocycles. The molecule has 1 unspecified atom stereocenters. The van der Waals surface area contributed by atoms with Gasteiger partial charge in [-0.05, 0) is 44.6 Å². The minimum atomic E-state index is 0.535. The molecule has 0 aromatic heterocycles. The van der Waals surface area contributed by atoms with Crippen LogP contribution in [-0.2, 0) is 0 Å². The highest BCUT2D eigenvalue weighted by molar-refractivity contribution is 8.00. The zero-order chi connectivity index (χ0) is 13.4. The number of hydrogen-bond donors (Lipinski definition) is 1. The zero-order valence-corrected chi connectivity index (χ0v) is 12.4. The van der Waals surface area contributed by atoms with E-state index < -0.39 is 0 Å². The molecule has 1 N–H and O–H groups in total. The fourth-order valence-electron chi connectivity index (χ4n) is 1.76. The summed E-state index contributed by atoms with van der Waals surface area (Å²) in [6.45, 7) is 3.19. The molecule has 2 nitrogen and oxygen atoms in total. The van der Waals surface area contributed by atoms with Crippen LogP contribution >= 0.6 is 23.4 Å². The Morgan fingerprint density at radius 2 is 2.22 bits per heavy atom. The summed E-state index contributed by atoms with van der Waals surface area (Å²) in [4.78, 5) is 1.000. The van der Waals surface area contributed by atoms with E-state index in [-0.39, 0.29) is 0 Å². The van der Waals surface area contributed by atoms with Crippen LogP contribution in [0.1, 0.15) is 31.7 Å². The van der Waals surface area contributed by atoms with Crippen molar-refractivity contribution in [3.05, 3.63) is 28.8 Å². The molecule has 0 radical (unpaired) electrons. The van der Waals surface area contributed by atoms with Crippen molar-refractivity contribution in [3.63, 3.8) is 0 Å². The zero-order valence-electron chi connectivity index (χ0n) is 10.9. The topological polar surface area (TPSA) is 35.8 Å². The van der Waals surface area contributed by atoms with Gasteiger partial charge in [0.25, 0.3) is 0 Å². The van der Waals surface area contributed by atoms with E-state index in [9.17, 15) is 0 Å². The van der Waals surface area contributed by atoms with Gasteiger partial charge >= 0.3 is 0 Å². The van der Waals surface area contributed by atoms with Gasteiger partial charge in [-0.3, -0.25) is 0 Å². The van der Waals surface area contributed by atoms with Crippen LogP contribution < -0.4 is 5.32 Å². The normalized spacial score (nSPS) is 12.1. The van der Waals surface area contributed by atoms with Crippen molar-refractivity contribution in [1.29, 1.82) is 5.26 Å². The van der Waals surface area contributed by atoms with Gasteiger partial charge in [0, 0.05) is 15.2 Å². The molecule has 1 aromatic carbocycles. The van der Waals surface area contributed by atoms with E-state index in [1.54, 1.807) is 23.9 Å². The molecule has 0 spiro atoms. The highest BCUT2D eigenvalue weighted by Gasteiger charge is 2.12. The lowest BCUT2D eigenvalue weighted by molar-refractivity contribution is 0.648. The fraction of sp³-hybridized carbons (Fsp3) is 0.500. The molecule has 4 heteroatoms. The Labute approximate surface area is 119 Å². The van der Waals surface area contributed by atoms with E-state index in [2.05, 4.69) is 18.3 Å². The van der Waals surface area contributed by atoms with E-state index in [0.717, 1.165) is 36.3 Å². The third kappa shape index (κ3) is 4.89. The summed E-state index contributed by atoms with van der Waals surface area (Å²) in [7, 11) is 1.97. The molecular formula is C14H19ClN2S. The second-order valence-electron chi connectivity index (χ2n) is 4.17. The number of benzene rings is 1. The monoisotopic (exact) mass is 282 g/mol. The largest absolute Gasteiger partial charge is 0.320 e. The summed E-state index contributed by atoms with van der Waals surface area (Å²) in [5, 5.41) is 13.5. The molecule has 18 heavy (non-hydrogen) atoms. The predicted molar refractivity (Wildman–Crippen MR) is 79.3 cm³/mol. The molecule has 0 heterocycles. The van der Waals surface area contributed by atoms with E-state index in [1.807, 2.05) is 13.1 Å². The molecule has 0 amide bonds. The lowest BCUT2D eigenvalue weighted by atomic mass is 10.2. The molecule has 0 saturated carbocycles. The van der Waals surface area contributed by atoms with Crippen LogP contribution in [0.15, 0.2) is 23.1 Å². The molecule has 0 bridgehead atoms. The first kappa shape index (κ1) is 15.4. The van der Waals surface area contributed by atoms with Crippen molar-refractivity contribution in [2.75, 3.05) is 13.6 Å². The summed E-state index contributed by atoms with van der Waals surface area (Å²) in [6, 6.07) is 7.69. The average Bonchev–Trinajstić information content (AvgIpc) is 2.36. The molecule has 1 rings (SSSR count). The van der Waals surface area contributed by atoms with Crippen molar-refractivity contribution >= 4 is 23.4 Å². The minimum absolute atomic E-state index is 0.535. The van der Waals surface area contributed by atoms with Gasteiger partial charge in [-0.2, -0.15) is 5.26 Å². The number of halogens is 1.